The fraction of sp³-hybridized carbons (Fsp3) is 0.357. The van der Waals surface area contributed by atoms with Crippen molar-refractivity contribution in [1.82, 2.24) is 9.97 Å². The van der Waals surface area contributed by atoms with E-state index in [1.807, 2.05) is 24.3 Å². The minimum Gasteiger partial charge on any atom is -0.497 e. The molecule has 0 spiro atoms. The minimum atomic E-state index is 0.844. The molecule has 0 aliphatic carbocycles. The Kier molecular flexibility index (Phi) is 6.58. The van der Waals surface area contributed by atoms with Gasteiger partial charge in [-0.25, -0.2) is 4.98 Å². The first-order chi connectivity index (χ1) is 8.81. The van der Waals surface area contributed by atoms with Crippen LogP contribution in [0, 0.1) is 0 Å². The monoisotopic (exact) mass is 247 g/mol. The molecule has 0 saturated carbocycles. The molecule has 18 heavy (non-hydrogen) atoms. The van der Waals surface area contributed by atoms with Crippen molar-refractivity contribution in [3.05, 3.63) is 36.8 Å². The van der Waals surface area contributed by atoms with Crippen LogP contribution in [-0.2, 0) is 0 Å². The molecule has 2 rings (SSSR count). The quantitative estimate of drug-likeness (QED) is 0.873. The van der Waals surface area contributed by atoms with Gasteiger partial charge in [-0.1, -0.05) is 13.3 Å². The maximum Gasteiger partial charge on any atom is 0.118 e. The third-order valence-electron chi connectivity index (χ3n) is 2.46. The van der Waals surface area contributed by atoms with Crippen molar-refractivity contribution in [2.45, 2.75) is 19.8 Å². The molecule has 4 heteroatoms. The summed E-state index contributed by atoms with van der Waals surface area (Å²) in [4.78, 5) is 6.99. The summed E-state index contributed by atoms with van der Waals surface area (Å²) < 4.78 is 5.06. The van der Waals surface area contributed by atoms with Crippen LogP contribution in [0.4, 0.5) is 0 Å². The van der Waals surface area contributed by atoms with E-state index in [1.165, 1.54) is 12.8 Å². The van der Waals surface area contributed by atoms with Gasteiger partial charge in [0.25, 0.3) is 0 Å². The zero-order valence-corrected chi connectivity index (χ0v) is 11.0. The lowest BCUT2D eigenvalue weighted by molar-refractivity contribution is 0.415. The van der Waals surface area contributed by atoms with Gasteiger partial charge in [-0.3, -0.25) is 0 Å². The molecule has 0 amide bonds. The summed E-state index contributed by atoms with van der Waals surface area (Å²) in [5.74, 6) is 0.864. The fourth-order valence-corrected chi connectivity index (χ4v) is 1.39. The second-order valence-corrected chi connectivity index (χ2v) is 3.84. The molecule has 1 aromatic carbocycles. The van der Waals surface area contributed by atoms with E-state index >= 15 is 0 Å². The molecular weight excluding hydrogens is 226 g/mol. The average molecular weight is 247 g/mol. The standard InChI is InChI=1S/C10H10N2O.C4H11N/c1-13-9-4-2-8(3-5-9)10-6-11-7-12-10;1-2-3-4-5/h2-7H,1H3,(H,11,12);2-5H2,1H3. The molecule has 0 aliphatic heterocycles. The lowest BCUT2D eigenvalue weighted by Gasteiger charge is -2.00. The van der Waals surface area contributed by atoms with Crippen molar-refractivity contribution in [2.24, 2.45) is 5.73 Å². The molecule has 98 valence electrons. The summed E-state index contributed by atoms with van der Waals surface area (Å²) in [5.41, 5.74) is 7.26. The molecule has 2 aromatic rings. The highest BCUT2D eigenvalue weighted by molar-refractivity contribution is 5.58. The first-order valence-corrected chi connectivity index (χ1v) is 6.14. The van der Waals surface area contributed by atoms with E-state index in [-0.39, 0.29) is 0 Å². The molecule has 1 heterocycles. The molecule has 0 bridgehead atoms. The Morgan fingerprint density at radius 2 is 2.00 bits per heavy atom. The molecule has 1 aromatic heterocycles. The number of rotatable bonds is 4. The maximum atomic E-state index is 5.14. The molecule has 3 N–H and O–H groups in total. The SMILES string of the molecule is CCCCN.COc1ccc(-c2cnc[nH]2)cc1. The topological polar surface area (TPSA) is 63.9 Å². The van der Waals surface area contributed by atoms with Crippen molar-refractivity contribution >= 4 is 0 Å². The predicted octanol–water partition coefficient (Wildman–Crippen LogP) is 2.83. The summed E-state index contributed by atoms with van der Waals surface area (Å²) in [6, 6.07) is 7.84. The lowest BCUT2D eigenvalue weighted by Crippen LogP contribution is -1.95. The number of benzene rings is 1. The van der Waals surface area contributed by atoms with Gasteiger partial charge in [-0.15, -0.1) is 0 Å². The number of unbranched alkanes of at least 4 members (excludes halogenated alkanes) is 1. The number of aromatic amines is 1. The van der Waals surface area contributed by atoms with E-state index in [2.05, 4.69) is 16.9 Å². The van der Waals surface area contributed by atoms with Crippen molar-refractivity contribution in [1.29, 1.82) is 0 Å². The van der Waals surface area contributed by atoms with Crippen LogP contribution >= 0.6 is 0 Å². The number of nitrogens with two attached hydrogens (primary N) is 1. The highest BCUT2D eigenvalue weighted by Crippen LogP contribution is 2.19. The number of nitrogens with one attached hydrogen (secondary N) is 1. The third kappa shape index (κ3) is 4.59. The zero-order valence-electron chi connectivity index (χ0n) is 11.0. The Balaban J connectivity index is 0.000000280. The van der Waals surface area contributed by atoms with Gasteiger partial charge in [0.05, 0.1) is 25.3 Å². The smallest absolute Gasteiger partial charge is 0.118 e. The van der Waals surface area contributed by atoms with Gasteiger partial charge in [0, 0.05) is 0 Å². The number of methoxy groups -OCH3 is 1. The minimum absolute atomic E-state index is 0.844. The molecule has 4 nitrogen and oxygen atoms in total. The van der Waals surface area contributed by atoms with Crippen LogP contribution in [0.3, 0.4) is 0 Å². The Morgan fingerprint density at radius 1 is 1.28 bits per heavy atom. The van der Waals surface area contributed by atoms with Crippen LogP contribution in [0.1, 0.15) is 19.8 Å². The molecule has 0 fully saturated rings. The van der Waals surface area contributed by atoms with Gasteiger partial charge in [0.2, 0.25) is 0 Å². The number of imidazole rings is 1. The van der Waals surface area contributed by atoms with Gasteiger partial charge in [0.1, 0.15) is 5.75 Å². The van der Waals surface area contributed by atoms with Crippen LogP contribution in [0.5, 0.6) is 5.75 Å². The number of ether oxygens (including phenoxy) is 1. The van der Waals surface area contributed by atoms with Gasteiger partial charge in [0.15, 0.2) is 0 Å². The second-order valence-electron chi connectivity index (χ2n) is 3.84. The van der Waals surface area contributed by atoms with E-state index in [1.54, 1.807) is 19.6 Å². The van der Waals surface area contributed by atoms with E-state index in [0.29, 0.717) is 0 Å². The summed E-state index contributed by atoms with van der Waals surface area (Å²) in [6.07, 6.45) is 5.85. The van der Waals surface area contributed by atoms with E-state index < -0.39 is 0 Å². The van der Waals surface area contributed by atoms with Crippen LogP contribution in [0.15, 0.2) is 36.8 Å². The molecule has 0 atom stereocenters. The first kappa shape index (κ1) is 14.3. The van der Waals surface area contributed by atoms with Gasteiger partial charge < -0.3 is 15.5 Å². The Hall–Kier alpha value is -1.81. The second kappa shape index (κ2) is 8.31. The van der Waals surface area contributed by atoms with Crippen molar-refractivity contribution in [3.63, 3.8) is 0 Å². The number of nitrogens with zero attached hydrogens (tertiary/aromatic N) is 1. The molecule has 0 saturated heterocycles. The van der Waals surface area contributed by atoms with E-state index in [4.69, 9.17) is 10.5 Å². The highest BCUT2D eigenvalue weighted by atomic mass is 16.5. The van der Waals surface area contributed by atoms with E-state index in [9.17, 15) is 0 Å². The zero-order chi connectivity index (χ0) is 13.2. The summed E-state index contributed by atoms with van der Waals surface area (Å²) >= 11 is 0. The normalized spacial score (nSPS) is 9.50. The van der Waals surface area contributed by atoms with Crippen LogP contribution in [-0.4, -0.2) is 23.6 Å². The number of aromatic nitrogens is 2. The largest absolute Gasteiger partial charge is 0.497 e. The predicted molar refractivity (Wildman–Crippen MR) is 74.5 cm³/mol. The Bertz CT molecular complexity index is 407. The Labute approximate surface area is 108 Å². The number of hydrogen-bond donors (Lipinski definition) is 2. The van der Waals surface area contributed by atoms with Crippen molar-refractivity contribution in [3.8, 4) is 17.0 Å². The van der Waals surface area contributed by atoms with Gasteiger partial charge in [-0.2, -0.15) is 0 Å². The number of H-pyrrole nitrogens is 1. The molecular formula is C14H21N3O. The lowest BCUT2D eigenvalue weighted by atomic mass is 10.2. The maximum absolute atomic E-state index is 5.14. The van der Waals surface area contributed by atoms with Crippen molar-refractivity contribution in [2.75, 3.05) is 13.7 Å². The van der Waals surface area contributed by atoms with Crippen LogP contribution in [0.2, 0.25) is 0 Å². The molecule has 0 aliphatic rings. The Morgan fingerprint density at radius 3 is 2.39 bits per heavy atom. The van der Waals surface area contributed by atoms with Crippen LogP contribution < -0.4 is 10.5 Å². The van der Waals surface area contributed by atoms with Gasteiger partial charge in [-0.05, 0) is 42.8 Å². The van der Waals surface area contributed by atoms with Crippen molar-refractivity contribution < 1.29 is 4.74 Å². The molecule has 0 unspecified atom stereocenters. The third-order valence-corrected chi connectivity index (χ3v) is 2.46. The van der Waals surface area contributed by atoms with Gasteiger partial charge >= 0.3 is 0 Å². The van der Waals surface area contributed by atoms with E-state index in [0.717, 1.165) is 23.6 Å². The summed E-state index contributed by atoms with van der Waals surface area (Å²) in [5, 5.41) is 0. The summed E-state index contributed by atoms with van der Waals surface area (Å²) in [6.45, 7) is 2.98. The van der Waals surface area contributed by atoms with Crippen LogP contribution in [0.25, 0.3) is 11.3 Å². The average Bonchev–Trinajstić information content (AvgIpc) is 2.94. The highest BCUT2D eigenvalue weighted by Gasteiger charge is 1.97. The fourth-order valence-electron chi connectivity index (χ4n) is 1.39. The number of hydrogen-bond acceptors (Lipinski definition) is 3. The first-order valence-electron chi connectivity index (χ1n) is 6.14. The molecule has 0 radical (unpaired) electrons. The summed E-state index contributed by atoms with van der Waals surface area (Å²) in [7, 11) is 1.66.